The first kappa shape index (κ1) is 12.6. The molecule has 1 aromatic heterocycles. The van der Waals surface area contributed by atoms with Crippen LogP contribution in [-0.4, -0.2) is 10.4 Å². The molecule has 1 aromatic carbocycles. The van der Waals surface area contributed by atoms with Gasteiger partial charge < -0.3 is 0 Å². The van der Waals surface area contributed by atoms with E-state index in [0.717, 1.165) is 5.56 Å². The van der Waals surface area contributed by atoms with Gasteiger partial charge in [0.15, 0.2) is 6.54 Å². The highest BCUT2D eigenvalue weighted by atomic mass is 16.1. The van der Waals surface area contributed by atoms with Crippen LogP contribution in [0.15, 0.2) is 49.1 Å². The standard InChI is InChI=1S/C15H19N2O/c1-15(2,3)17-10-9-16(12-17)11-14(18)13-7-5-4-6-8-13/h4-10,12H,11H2,1-3H3/q+1. The summed E-state index contributed by atoms with van der Waals surface area (Å²) < 4.78 is 4.02. The minimum Gasteiger partial charge on any atom is -0.290 e. The lowest BCUT2D eigenvalue weighted by Crippen LogP contribution is -2.36. The molecule has 0 unspecified atom stereocenters. The van der Waals surface area contributed by atoms with Gasteiger partial charge in [0.25, 0.3) is 0 Å². The van der Waals surface area contributed by atoms with Gasteiger partial charge in [-0.05, 0) is 20.8 Å². The van der Waals surface area contributed by atoms with Crippen molar-refractivity contribution in [3.05, 3.63) is 54.6 Å². The smallest absolute Gasteiger partial charge is 0.244 e. The van der Waals surface area contributed by atoms with E-state index in [0.29, 0.717) is 6.54 Å². The molecule has 1 heterocycles. The highest BCUT2D eigenvalue weighted by Crippen LogP contribution is 2.11. The highest BCUT2D eigenvalue weighted by Gasteiger charge is 2.20. The summed E-state index contributed by atoms with van der Waals surface area (Å²) in [6.07, 6.45) is 5.91. The molecule has 2 aromatic rings. The molecule has 0 saturated carbocycles. The summed E-state index contributed by atoms with van der Waals surface area (Å²) in [6.45, 7) is 6.79. The molecular formula is C15H19N2O+. The van der Waals surface area contributed by atoms with Crippen molar-refractivity contribution in [3.8, 4) is 0 Å². The Balaban J connectivity index is 2.11. The monoisotopic (exact) mass is 243 g/mol. The maximum atomic E-state index is 12.0. The van der Waals surface area contributed by atoms with E-state index in [-0.39, 0.29) is 11.3 Å². The summed E-state index contributed by atoms with van der Waals surface area (Å²) in [6, 6.07) is 9.39. The number of hydrogen-bond donors (Lipinski definition) is 0. The van der Waals surface area contributed by atoms with Crippen LogP contribution in [-0.2, 0) is 12.1 Å². The van der Waals surface area contributed by atoms with Crippen LogP contribution in [0.3, 0.4) is 0 Å². The van der Waals surface area contributed by atoms with Crippen molar-refractivity contribution in [1.82, 2.24) is 4.57 Å². The zero-order valence-corrected chi connectivity index (χ0v) is 11.1. The number of aromatic nitrogens is 2. The van der Waals surface area contributed by atoms with Crippen LogP contribution in [0.25, 0.3) is 0 Å². The number of imidazole rings is 1. The van der Waals surface area contributed by atoms with Crippen molar-refractivity contribution in [2.45, 2.75) is 32.9 Å². The third-order valence-electron chi connectivity index (χ3n) is 2.89. The number of ketones is 1. The quantitative estimate of drug-likeness (QED) is 0.600. The predicted molar refractivity (Wildman–Crippen MR) is 70.4 cm³/mol. The molecule has 0 aliphatic carbocycles. The summed E-state index contributed by atoms with van der Waals surface area (Å²) in [5.41, 5.74) is 0.801. The van der Waals surface area contributed by atoms with Crippen LogP contribution in [0.2, 0.25) is 0 Å². The second kappa shape index (κ2) is 4.77. The van der Waals surface area contributed by atoms with Crippen LogP contribution < -0.4 is 4.57 Å². The molecule has 0 fully saturated rings. The van der Waals surface area contributed by atoms with Crippen molar-refractivity contribution < 1.29 is 9.36 Å². The Hall–Kier alpha value is -1.90. The summed E-state index contributed by atoms with van der Waals surface area (Å²) >= 11 is 0. The molecule has 0 aliphatic heterocycles. The van der Waals surface area contributed by atoms with E-state index >= 15 is 0 Å². The van der Waals surface area contributed by atoms with Crippen LogP contribution in [0.1, 0.15) is 31.1 Å². The second-order valence-electron chi connectivity index (χ2n) is 5.45. The third kappa shape index (κ3) is 2.86. The lowest BCUT2D eigenvalue weighted by Gasteiger charge is -2.13. The molecule has 2 rings (SSSR count). The molecule has 0 N–H and O–H groups in total. The van der Waals surface area contributed by atoms with Gasteiger partial charge in [-0.25, -0.2) is 9.13 Å². The van der Waals surface area contributed by atoms with Crippen molar-refractivity contribution >= 4 is 5.78 Å². The second-order valence-corrected chi connectivity index (χ2v) is 5.45. The predicted octanol–water partition coefficient (Wildman–Crippen LogP) is 2.41. The number of nitrogens with zero attached hydrogens (tertiary/aromatic N) is 2. The SMILES string of the molecule is CC(C)(C)n1cc[n+](CC(=O)c2ccccc2)c1. The Labute approximate surface area is 108 Å². The van der Waals surface area contributed by atoms with E-state index in [4.69, 9.17) is 0 Å². The molecule has 0 bridgehead atoms. The topological polar surface area (TPSA) is 25.9 Å². The maximum Gasteiger partial charge on any atom is 0.244 e. The van der Waals surface area contributed by atoms with Crippen LogP contribution in [0.4, 0.5) is 0 Å². The highest BCUT2D eigenvalue weighted by molar-refractivity contribution is 5.94. The molecule has 94 valence electrons. The Morgan fingerprint density at radius 1 is 1.22 bits per heavy atom. The number of carbonyl (C=O) groups is 1. The zero-order valence-electron chi connectivity index (χ0n) is 11.1. The first-order valence-corrected chi connectivity index (χ1v) is 6.12. The minimum absolute atomic E-state index is 0.0427. The number of rotatable bonds is 3. The molecular weight excluding hydrogens is 224 g/mol. The normalized spacial score (nSPS) is 11.5. The fourth-order valence-electron chi connectivity index (χ4n) is 1.77. The fourth-order valence-corrected chi connectivity index (χ4v) is 1.77. The van der Waals surface area contributed by atoms with Gasteiger partial charge in [0.1, 0.15) is 17.9 Å². The minimum atomic E-state index is 0.0427. The lowest BCUT2D eigenvalue weighted by molar-refractivity contribution is -0.682. The Morgan fingerprint density at radius 2 is 1.89 bits per heavy atom. The van der Waals surface area contributed by atoms with E-state index < -0.39 is 0 Å². The first-order valence-electron chi connectivity index (χ1n) is 6.12. The van der Waals surface area contributed by atoms with Gasteiger partial charge >= 0.3 is 0 Å². The van der Waals surface area contributed by atoms with E-state index in [2.05, 4.69) is 25.3 Å². The van der Waals surface area contributed by atoms with E-state index in [1.165, 1.54) is 0 Å². The van der Waals surface area contributed by atoms with Crippen LogP contribution >= 0.6 is 0 Å². The van der Waals surface area contributed by atoms with Gasteiger partial charge in [-0.3, -0.25) is 4.79 Å². The van der Waals surface area contributed by atoms with Crippen LogP contribution in [0.5, 0.6) is 0 Å². The first-order chi connectivity index (χ1) is 8.47. The Bertz CT molecular complexity index is 535. The van der Waals surface area contributed by atoms with Crippen LogP contribution in [0, 0.1) is 0 Å². The molecule has 0 saturated heterocycles. The Morgan fingerprint density at radius 3 is 2.44 bits per heavy atom. The van der Waals surface area contributed by atoms with Crippen molar-refractivity contribution in [2.24, 2.45) is 0 Å². The fraction of sp³-hybridized carbons (Fsp3) is 0.333. The summed E-state index contributed by atoms with van der Waals surface area (Å²) in [5, 5.41) is 0. The van der Waals surface area contributed by atoms with Gasteiger partial charge in [0.2, 0.25) is 12.1 Å². The average molecular weight is 243 g/mol. The Kier molecular flexibility index (Phi) is 3.32. The summed E-state index contributed by atoms with van der Waals surface area (Å²) in [7, 11) is 0. The van der Waals surface area contributed by atoms with Gasteiger partial charge in [-0.1, -0.05) is 30.3 Å². The van der Waals surface area contributed by atoms with Crippen molar-refractivity contribution in [3.63, 3.8) is 0 Å². The molecule has 18 heavy (non-hydrogen) atoms. The summed E-state index contributed by atoms with van der Waals surface area (Å²) in [5.74, 6) is 0.132. The van der Waals surface area contributed by atoms with Crippen molar-refractivity contribution in [2.75, 3.05) is 0 Å². The molecule has 3 heteroatoms. The van der Waals surface area contributed by atoms with Gasteiger partial charge in [-0.15, -0.1) is 0 Å². The largest absolute Gasteiger partial charge is 0.290 e. The van der Waals surface area contributed by atoms with Gasteiger partial charge in [0.05, 0.1) is 0 Å². The maximum absolute atomic E-state index is 12.0. The van der Waals surface area contributed by atoms with Gasteiger partial charge in [-0.2, -0.15) is 0 Å². The number of hydrogen-bond acceptors (Lipinski definition) is 1. The van der Waals surface area contributed by atoms with E-state index in [1.54, 1.807) is 0 Å². The molecule has 0 amide bonds. The molecule has 0 spiro atoms. The number of Topliss-reactive ketones (excluding diaryl/α,β-unsaturated/α-hetero) is 1. The van der Waals surface area contributed by atoms with E-state index in [1.807, 2.05) is 53.6 Å². The van der Waals surface area contributed by atoms with E-state index in [9.17, 15) is 4.79 Å². The van der Waals surface area contributed by atoms with Crippen molar-refractivity contribution in [1.29, 1.82) is 0 Å². The molecule has 0 radical (unpaired) electrons. The summed E-state index contributed by atoms with van der Waals surface area (Å²) in [4.78, 5) is 12.0. The zero-order chi connectivity index (χ0) is 13.2. The molecule has 3 nitrogen and oxygen atoms in total. The van der Waals surface area contributed by atoms with Gasteiger partial charge in [0, 0.05) is 5.56 Å². The molecule has 0 aliphatic rings. The lowest BCUT2D eigenvalue weighted by atomic mass is 10.1. The average Bonchev–Trinajstić information content (AvgIpc) is 2.78. The number of carbonyl (C=O) groups excluding carboxylic acids is 1. The molecule has 0 atom stereocenters. The third-order valence-corrected chi connectivity index (χ3v) is 2.89. The number of benzene rings is 1.